The first-order valence-corrected chi connectivity index (χ1v) is 7.68. The summed E-state index contributed by atoms with van der Waals surface area (Å²) in [6.07, 6.45) is 0. The monoisotopic (exact) mass is 307 g/mol. The fraction of sp³-hybridized carbons (Fsp3) is 0.133. The lowest BCUT2D eigenvalue weighted by molar-refractivity contribution is 0.101. The van der Waals surface area contributed by atoms with Crippen molar-refractivity contribution >= 4 is 21.5 Å². The van der Waals surface area contributed by atoms with Crippen molar-refractivity contribution in [3.8, 4) is 0 Å². The number of ketones is 1. The number of hydrogen-bond acceptors (Lipinski definition) is 3. The largest absolute Gasteiger partial charge is 0.295 e. The molecule has 0 spiro atoms. The number of hydrogen-bond donors (Lipinski definition) is 1. The van der Waals surface area contributed by atoms with Crippen LogP contribution in [0, 0.1) is 12.7 Å². The Kier molecular flexibility index (Phi) is 4.09. The minimum Gasteiger partial charge on any atom is -0.295 e. The predicted octanol–water partition coefficient (Wildman–Crippen LogP) is 3.14. The van der Waals surface area contributed by atoms with Crippen LogP contribution in [0.15, 0.2) is 47.4 Å². The van der Waals surface area contributed by atoms with Gasteiger partial charge in [0.2, 0.25) is 0 Å². The molecule has 0 aliphatic rings. The molecule has 4 nitrogen and oxygen atoms in total. The number of halogens is 1. The van der Waals surface area contributed by atoms with E-state index < -0.39 is 15.8 Å². The molecule has 0 atom stereocenters. The first-order valence-electron chi connectivity index (χ1n) is 6.19. The molecule has 0 aliphatic heterocycles. The van der Waals surface area contributed by atoms with Gasteiger partial charge in [-0.05, 0) is 43.7 Å². The molecule has 2 aromatic rings. The first kappa shape index (κ1) is 15.2. The summed E-state index contributed by atoms with van der Waals surface area (Å²) >= 11 is 0. The summed E-state index contributed by atoms with van der Waals surface area (Å²) in [5.74, 6) is -0.894. The van der Waals surface area contributed by atoms with Crippen molar-refractivity contribution in [3.05, 3.63) is 59.4 Å². The summed E-state index contributed by atoms with van der Waals surface area (Å²) in [7, 11) is -3.95. The van der Waals surface area contributed by atoms with Gasteiger partial charge in [-0.1, -0.05) is 18.2 Å². The summed E-state index contributed by atoms with van der Waals surface area (Å²) in [4.78, 5) is 11.2. The van der Waals surface area contributed by atoms with Crippen LogP contribution >= 0.6 is 0 Å². The van der Waals surface area contributed by atoms with E-state index in [4.69, 9.17) is 0 Å². The van der Waals surface area contributed by atoms with Crippen molar-refractivity contribution in [2.45, 2.75) is 18.7 Å². The molecule has 0 fully saturated rings. The molecule has 0 aromatic heterocycles. The maximum atomic E-state index is 13.7. The van der Waals surface area contributed by atoms with Gasteiger partial charge in [-0.25, -0.2) is 12.8 Å². The summed E-state index contributed by atoms with van der Waals surface area (Å²) in [6.45, 7) is 3.05. The van der Waals surface area contributed by atoms with Gasteiger partial charge in [0, 0.05) is 5.56 Å². The summed E-state index contributed by atoms with van der Waals surface area (Å²) in [5, 5.41) is 0. The smallest absolute Gasteiger partial charge is 0.262 e. The maximum Gasteiger partial charge on any atom is 0.262 e. The van der Waals surface area contributed by atoms with Crippen LogP contribution < -0.4 is 4.72 Å². The van der Waals surface area contributed by atoms with E-state index in [1.807, 2.05) is 0 Å². The third-order valence-electron chi connectivity index (χ3n) is 2.92. The van der Waals surface area contributed by atoms with Gasteiger partial charge >= 0.3 is 0 Å². The molecule has 0 bridgehead atoms. The number of Topliss-reactive ketones (excluding diaryl/α,β-unsaturated/α-hetero) is 1. The first-order chi connectivity index (χ1) is 9.79. The number of carbonyl (C=O) groups excluding carboxylic acids is 1. The summed E-state index contributed by atoms with van der Waals surface area (Å²) < 4.78 is 40.4. The van der Waals surface area contributed by atoms with Gasteiger partial charge in [0.05, 0.1) is 10.6 Å². The Morgan fingerprint density at radius 2 is 1.86 bits per heavy atom. The van der Waals surface area contributed by atoms with Crippen LogP contribution in [0.1, 0.15) is 22.8 Å². The van der Waals surface area contributed by atoms with Crippen LogP contribution in [0.5, 0.6) is 0 Å². The van der Waals surface area contributed by atoms with E-state index >= 15 is 0 Å². The van der Waals surface area contributed by atoms with Gasteiger partial charge < -0.3 is 0 Å². The van der Waals surface area contributed by atoms with Crippen molar-refractivity contribution in [2.75, 3.05) is 4.72 Å². The molecule has 2 aromatic carbocycles. The Balaban J connectivity index is 2.38. The standard InChI is InChI=1S/C15H14FNO3S/c1-10-6-7-15(14(16)8-10)17-21(19,20)13-5-3-4-12(9-13)11(2)18/h3-9,17H,1-2H3. The van der Waals surface area contributed by atoms with Crippen LogP contribution in [0.25, 0.3) is 0 Å². The Labute approximate surface area is 122 Å². The van der Waals surface area contributed by atoms with Gasteiger partial charge in [-0.2, -0.15) is 0 Å². The predicted molar refractivity (Wildman–Crippen MR) is 78.4 cm³/mol. The molecule has 0 aliphatic carbocycles. The molecule has 6 heteroatoms. The van der Waals surface area contributed by atoms with Crippen molar-refractivity contribution in [2.24, 2.45) is 0 Å². The van der Waals surface area contributed by atoms with Crippen LogP contribution in [-0.4, -0.2) is 14.2 Å². The lowest BCUT2D eigenvalue weighted by Gasteiger charge is -2.10. The second-order valence-electron chi connectivity index (χ2n) is 4.67. The SMILES string of the molecule is CC(=O)c1cccc(S(=O)(=O)Nc2ccc(C)cc2F)c1. The van der Waals surface area contributed by atoms with E-state index in [-0.39, 0.29) is 21.9 Å². The van der Waals surface area contributed by atoms with Crippen LogP contribution in [0.4, 0.5) is 10.1 Å². The highest BCUT2D eigenvalue weighted by atomic mass is 32.2. The second-order valence-corrected chi connectivity index (χ2v) is 6.36. The van der Waals surface area contributed by atoms with Crippen LogP contribution in [0.3, 0.4) is 0 Å². The molecule has 110 valence electrons. The van der Waals surface area contributed by atoms with E-state index in [0.29, 0.717) is 5.56 Å². The summed E-state index contributed by atoms with van der Waals surface area (Å²) in [6, 6.07) is 9.80. The normalized spacial score (nSPS) is 11.2. The average Bonchev–Trinajstić information content (AvgIpc) is 2.42. The number of sulfonamides is 1. The fourth-order valence-corrected chi connectivity index (χ4v) is 2.90. The van der Waals surface area contributed by atoms with Crippen molar-refractivity contribution in [1.29, 1.82) is 0 Å². The number of benzene rings is 2. The van der Waals surface area contributed by atoms with Crippen LogP contribution in [-0.2, 0) is 10.0 Å². The minimum absolute atomic E-state index is 0.0878. The molecular formula is C15H14FNO3S. The van der Waals surface area contributed by atoms with Gasteiger partial charge in [-0.15, -0.1) is 0 Å². The van der Waals surface area contributed by atoms with E-state index in [1.165, 1.54) is 43.3 Å². The molecule has 21 heavy (non-hydrogen) atoms. The molecule has 1 N–H and O–H groups in total. The molecular weight excluding hydrogens is 293 g/mol. The van der Waals surface area contributed by atoms with E-state index in [2.05, 4.69) is 4.72 Å². The van der Waals surface area contributed by atoms with E-state index in [1.54, 1.807) is 13.0 Å². The molecule has 0 heterocycles. The molecule has 0 amide bonds. The second kappa shape index (κ2) is 5.65. The van der Waals surface area contributed by atoms with Gasteiger partial charge in [0.15, 0.2) is 5.78 Å². The number of rotatable bonds is 4. The van der Waals surface area contributed by atoms with E-state index in [0.717, 1.165) is 0 Å². The zero-order valence-electron chi connectivity index (χ0n) is 11.6. The van der Waals surface area contributed by atoms with Gasteiger partial charge in [0.1, 0.15) is 5.82 Å². The average molecular weight is 307 g/mol. The third-order valence-corrected chi connectivity index (χ3v) is 4.28. The quantitative estimate of drug-likeness (QED) is 0.883. The van der Waals surface area contributed by atoms with E-state index in [9.17, 15) is 17.6 Å². The zero-order valence-corrected chi connectivity index (χ0v) is 12.4. The zero-order chi connectivity index (χ0) is 15.6. The maximum absolute atomic E-state index is 13.7. The number of nitrogens with one attached hydrogen (secondary N) is 1. The molecule has 2 rings (SSSR count). The van der Waals surface area contributed by atoms with Gasteiger partial charge in [0.25, 0.3) is 10.0 Å². The Morgan fingerprint density at radius 1 is 1.14 bits per heavy atom. The lowest BCUT2D eigenvalue weighted by atomic mass is 10.2. The highest BCUT2D eigenvalue weighted by molar-refractivity contribution is 7.92. The lowest BCUT2D eigenvalue weighted by Crippen LogP contribution is -2.14. The number of carbonyl (C=O) groups is 1. The topological polar surface area (TPSA) is 63.2 Å². The molecule has 0 saturated carbocycles. The molecule has 0 saturated heterocycles. The third kappa shape index (κ3) is 3.46. The van der Waals surface area contributed by atoms with Crippen LogP contribution in [0.2, 0.25) is 0 Å². The Bertz CT molecular complexity index is 800. The van der Waals surface area contributed by atoms with Crippen molar-refractivity contribution in [3.63, 3.8) is 0 Å². The Morgan fingerprint density at radius 3 is 2.48 bits per heavy atom. The number of anilines is 1. The van der Waals surface area contributed by atoms with Gasteiger partial charge in [-0.3, -0.25) is 9.52 Å². The summed E-state index contributed by atoms with van der Waals surface area (Å²) in [5.41, 5.74) is 0.838. The highest BCUT2D eigenvalue weighted by Crippen LogP contribution is 2.20. The molecule has 0 radical (unpaired) electrons. The van der Waals surface area contributed by atoms with Crippen molar-refractivity contribution in [1.82, 2.24) is 0 Å². The molecule has 0 unspecified atom stereocenters. The fourth-order valence-electron chi connectivity index (χ4n) is 1.79. The number of aryl methyl sites for hydroxylation is 1. The minimum atomic E-state index is -3.95. The van der Waals surface area contributed by atoms with Crippen molar-refractivity contribution < 1.29 is 17.6 Å². The highest BCUT2D eigenvalue weighted by Gasteiger charge is 2.17. The Hall–Kier alpha value is -2.21.